The molecule has 11 heteroatoms. The minimum Gasteiger partial charge on any atom is -0.363 e. The molecule has 2 aromatic rings. The quantitative estimate of drug-likeness (QED) is 0.565. The molecule has 1 aliphatic heterocycles. The standard InChI is InChI=1S/C17H15F4N3O3S/c1-28(26,27)11-4-2-3-10(9-11)17(25)24-7-5-23(6-8-24)14-12(18)15(20)22-16(21)13(14)19/h2-4,9H,5-8H2,1H3. The molecule has 0 atom stereocenters. The van der Waals surface area contributed by atoms with Crippen LogP contribution in [-0.2, 0) is 9.84 Å². The molecule has 0 spiro atoms. The SMILES string of the molecule is CS(=O)(=O)c1cccc(C(=O)N2CCN(c3c(F)c(F)nc(F)c3F)CC2)c1. The van der Waals surface area contributed by atoms with Crippen LogP contribution in [0.2, 0.25) is 0 Å². The molecule has 1 aliphatic rings. The van der Waals surface area contributed by atoms with E-state index in [1.807, 2.05) is 0 Å². The van der Waals surface area contributed by atoms with Gasteiger partial charge in [-0.25, -0.2) is 8.42 Å². The van der Waals surface area contributed by atoms with Gasteiger partial charge in [-0.2, -0.15) is 22.5 Å². The number of amides is 1. The van der Waals surface area contributed by atoms with Crippen molar-refractivity contribution in [2.75, 3.05) is 37.3 Å². The topological polar surface area (TPSA) is 70.6 Å². The van der Waals surface area contributed by atoms with Gasteiger partial charge in [0.25, 0.3) is 17.8 Å². The summed E-state index contributed by atoms with van der Waals surface area (Å²) in [4.78, 5) is 17.6. The van der Waals surface area contributed by atoms with Gasteiger partial charge < -0.3 is 9.80 Å². The van der Waals surface area contributed by atoms with Gasteiger partial charge in [-0.1, -0.05) is 6.07 Å². The number of hydrogen-bond acceptors (Lipinski definition) is 5. The zero-order valence-electron chi connectivity index (χ0n) is 14.6. The maximum absolute atomic E-state index is 13.9. The fourth-order valence-corrected chi connectivity index (χ4v) is 3.60. The summed E-state index contributed by atoms with van der Waals surface area (Å²) in [7, 11) is -3.49. The van der Waals surface area contributed by atoms with Crippen molar-refractivity contribution in [2.45, 2.75) is 4.90 Å². The van der Waals surface area contributed by atoms with E-state index in [0.717, 1.165) is 11.2 Å². The molecule has 0 N–H and O–H groups in total. The van der Waals surface area contributed by atoms with Crippen LogP contribution in [0.5, 0.6) is 0 Å². The maximum Gasteiger partial charge on any atom is 0.254 e. The summed E-state index contributed by atoms with van der Waals surface area (Å²) in [5, 5.41) is 0. The number of halogens is 4. The third-order valence-electron chi connectivity index (χ3n) is 4.37. The van der Waals surface area contributed by atoms with Gasteiger partial charge >= 0.3 is 0 Å². The summed E-state index contributed by atoms with van der Waals surface area (Å²) in [5.41, 5.74) is -0.717. The molecule has 1 amide bonds. The van der Waals surface area contributed by atoms with E-state index >= 15 is 0 Å². The summed E-state index contributed by atoms with van der Waals surface area (Å²) in [6.07, 6.45) is 1.02. The number of pyridine rings is 1. The Balaban J connectivity index is 1.77. The van der Waals surface area contributed by atoms with Gasteiger partial charge in [0, 0.05) is 38.0 Å². The Labute approximate surface area is 158 Å². The van der Waals surface area contributed by atoms with E-state index in [1.165, 1.54) is 29.2 Å². The van der Waals surface area contributed by atoms with E-state index in [9.17, 15) is 30.8 Å². The summed E-state index contributed by atoms with van der Waals surface area (Å²) in [5.74, 6) is -7.15. The Hall–Kier alpha value is -2.69. The lowest BCUT2D eigenvalue weighted by atomic mass is 10.1. The molecule has 2 heterocycles. The predicted molar refractivity (Wildman–Crippen MR) is 91.7 cm³/mol. The minimum atomic E-state index is -3.49. The van der Waals surface area contributed by atoms with E-state index in [2.05, 4.69) is 4.98 Å². The van der Waals surface area contributed by atoms with Gasteiger partial charge in [-0.05, 0) is 18.2 Å². The normalized spacial score (nSPS) is 15.0. The van der Waals surface area contributed by atoms with Crippen molar-refractivity contribution in [3.8, 4) is 0 Å². The first-order valence-electron chi connectivity index (χ1n) is 8.14. The lowest BCUT2D eigenvalue weighted by Crippen LogP contribution is -2.49. The molecule has 150 valence electrons. The molecule has 0 saturated carbocycles. The smallest absolute Gasteiger partial charge is 0.254 e. The van der Waals surface area contributed by atoms with Crippen LogP contribution in [0.3, 0.4) is 0 Å². The van der Waals surface area contributed by atoms with Gasteiger partial charge in [0.15, 0.2) is 9.84 Å². The molecule has 0 bridgehead atoms. The second kappa shape index (κ2) is 7.38. The molecule has 6 nitrogen and oxygen atoms in total. The van der Waals surface area contributed by atoms with Crippen molar-refractivity contribution < 1.29 is 30.8 Å². The molecule has 1 aromatic carbocycles. The number of hydrogen-bond donors (Lipinski definition) is 0. The van der Waals surface area contributed by atoms with Crippen molar-refractivity contribution in [1.82, 2.24) is 9.88 Å². The second-order valence-electron chi connectivity index (χ2n) is 6.25. The number of benzene rings is 1. The highest BCUT2D eigenvalue weighted by atomic mass is 32.2. The monoisotopic (exact) mass is 417 g/mol. The van der Waals surface area contributed by atoms with Crippen LogP contribution in [0.25, 0.3) is 0 Å². The third kappa shape index (κ3) is 3.79. The van der Waals surface area contributed by atoms with E-state index < -0.39 is 45.0 Å². The Morgan fingerprint density at radius 2 is 1.57 bits per heavy atom. The van der Waals surface area contributed by atoms with Crippen molar-refractivity contribution >= 4 is 21.4 Å². The summed E-state index contributed by atoms with van der Waals surface area (Å²) >= 11 is 0. The minimum absolute atomic E-state index is 0.0103. The van der Waals surface area contributed by atoms with Crippen LogP contribution >= 0.6 is 0 Å². The maximum atomic E-state index is 13.9. The third-order valence-corrected chi connectivity index (χ3v) is 5.48. The number of sulfone groups is 1. The van der Waals surface area contributed by atoms with Crippen LogP contribution in [0, 0.1) is 23.5 Å². The van der Waals surface area contributed by atoms with Gasteiger partial charge in [-0.3, -0.25) is 4.79 Å². The number of anilines is 1. The van der Waals surface area contributed by atoms with E-state index in [4.69, 9.17) is 0 Å². The Morgan fingerprint density at radius 3 is 2.11 bits per heavy atom. The number of nitrogens with zero attached hydrogens (tertiary/aromatic N) is 3. The Kier molecular flexibility index (Phi) is 5.28. The highest BCUT2D eigenvalue weighted by Crippen LogP contribution is 2.27. The molecule has 1 aromatic heterocycles. The van der Waals surface area contributed by atoms with Gasteiger partial charge in [0.05, 0.1) is 4.90 Å². The number of aromatic nitrogens is 1. The first kappa shape index (κ1) is 20.1. The fourth-order valence-electron chi connectivity index (χ4n) is 2.93. The molecule has 1 saturated heterocycles. The average Bonchev–Trinajstić information content (AvgIpc) is 2.66. The van der Waals surface area contributed by atoms with Crippen molar-refractivity contribution in [3.05, 3.63) is 53.4 Å². The number of piperazine rings is 1. The van der Waals surface area contributed by atoms with Crippen LogP contribution in [0.1, 0.15) is 10.4 Å². The predicted octanol–water partition coefficient (Wildman–Crippen LogP) is 2.00. The number of carbonyl (C=O) groups is 1. The molecular formula is C17H15F4N3O3S. The van der Waals surface area contributed by atoms with Crippen LogP contribution in [0.15, 0.2) is 29.2 Å². The van der Waals surface area contributed by atoms with Crippen molar-refractivity contribution in [1.29, 1.82) is 0 Å². The van der Waals surface area contributed by atoms with Crippen LogP contribution < -0.4 is 4.90 Å². The Bertz CT molecular complexity index is 1010. The summed E-state index contributed by atoms with van der Waals surface area (Å²) in [6.45, 7) is -0.110. The second-order valence-corrected chi connectivity index (χ2v) is 8.26. The molecule has 0 radical (unpaired) electrons. The molecule has 0 unspecified atom stereocenters. The zero-order chi connectivity index (χ0) is 20.6. The van der Waals surface area contributed by atoms with E-state index in [0.29, 0.717) is 0 Å². The number of carbonyl (C=O) groups excluding carboxylic acids is 1. The number of rotatable bonds is 3. The fraction of sp³-hybridized carbons (Fsp3) is 0.294. The molecule has 1 fully saturated rings. The first-order chi connectivity index (χ1) is 13.1. The van der Waals surface area contributed by atoms with Crippen molar-refractivity contribution in [2.24, 2.45) is 0 Å². The molecule has 0 aliphatic carbocycles. The van der Waals surface area contributed by atoms with Gasteiger partial charge in [0.1, 0.15) is 5.69 Å². The zero-order valence-corrected chi connectivity index (χ0v) is 15.4. The van der Waals surface area contributed by atoms with E-state index in [1.54, 1.807) is 0 Å². The lowest BCUT2D eigenvalue weighted by molar-refractivity contribution is 0.0746. The highest BCUT2D eigenvalue weighted by molar-refractivity contribution is 7.90. The average molecular weight is 417 g/mol. The molecular weight excluding hydrogens is 402 g/mol. The summed E-state index contributed by atoms with van der Waals surface area (Å²) < 4.78 is 77.6. The highest BCUT2D eigenvalue weighted by Gasteiger charge is 2.29. The molecule has 3 rings (SSSR count). The van der Waals surface area contributed by atoms with Gasteiger partial charge in [-0.15, -0.1) is 0 Å². The molecule has 28 heavy (non-hydrogen) atoms. The lowest BCUT2D eigenvalue weighted by Gasteiger charge is -2.36. The largest absolute Gasteiger partial charge is 0.363 e. The first-order valence-corrected chi connectivity index (χ1v) is 10.0. The van der Waals surface area contributed by atoms with Crippen molar-refractivity contribution in [3.63, 3.8) is 0 Å². The van der Waals surface area contributed by atoms with Crippen LogP contribution in [-0.4, -0.2) is 56.6 Å². The summed E-state index contributed by atoms with van der Waals surface area (Å²) in [6, 6.07) is 5.50. The van der Waals surface area contributed by atoms with Crippen LogP contribution in [0.4, 0.5) is 23.2 Å². The van der Waals surface area contributed by atoms with Gasteiger partial charge in [0.2, 0.25) is 11.6 Å². The Morgan fingerprint density at radius 1 is 1.00 bits per heavy atom. The van der Waals surface area contributed by atoms with E-state index in [-0.39, 0.29) is 36.6 Å².